The van der Waals surface area contributed by atoms with Gasteiger partial charge in [-0.25, -0.2) is 8.78 Å². The van der Waals surface area contributed by atoms with Gasteiger partial charge in [0.25, 0.3) is 0 Å². The molecule has 0 saturated heterocycles. The number of carbonyl (C=O) groups is 1. The van der Waals surface area contributed by atoms with Crippen LogP contribution < -0.4 is 11.1 Å². The molecule has 0 atom stereocenters. The second kappa shape index (κ2) is 4.92. The largest absolute Gasteiger partial charge is 0.382 e. The second-order valence-electron chi connectivity index (χ2n) is 4.72. The van der Waals surface area contributed by atoms with Crippen LogP contribution in [0.3, 0.4) is 0 Å². The van der Waals surface area contributed by atoms with Crippen molar-refractivity contribution in [2.75, 3.05) is 5.32 Å². The summed E-state index contributed by atoms with van der Waals surface area (Å²) < 4.78 is 26.0. The van der Waals surface area contributed by atoms with Crippen molar-refractivity contribution in [3.8, 4) is 0 Å². The van der Waals surface area contributed by atoms with Crippen LogP contribution in [-0.4, -0.2) is 17.9 Å². The Bertz CT molecular complexity index is 421. The number of hydrogen-bond donors (Lipinski definition) is 2. The topological polar surface area (TPSA) is 55.1 Å². The van der Waals surface area contributed by atoms with Crippen molar-refractivity contribution in [2.45, 2.75) is 37.6 Å². The zero-order valence-corrected chi connectivity index (χ0v) is 9.96. The van der Waals surface area contributed by atoms with Gasteiger partial charge >= 0.3 is 0 Å². The van der Waals surface area contributed by atoms with Crippen molar-refractivity contribution >= 4 is 11.6 Å². The predicted molar refractivity (Wildman–Crippen MR) is 65.8 cm³/mol. The first-order valence-electron chi connectivity index (χ1n) is 6.00. The summed E-state index contributed by atoms with van der Waals surface area (Å²) in [6.07, 6.45) is 0.795. The fourth-order valence-electron chi connectivity index (χ4n) is 2.15. The highest BCUT2D eigenvalue weighted by atomic mass is 19.3. The average Bonchev–Trinajstić information content (AvgIpc) is 2.33. The first-order valence-corrected chi connectivity index (χ1v) is 6.00. The molecule has 1 amide bonds. The van der Waals surface area contributed by atoms with E-state index in [1.165, 1.54) is 0 Å². The van der Waals surface area contributed by atoms with Crippen LogP contribution >= 0.6 is 0 Å². The Hall–Kier alpha value is -1.65. The molecule has 1 fully saturated rings. The Balaban J connectivity index is 1.92. The van der Waals surface area contributed by atoms with Crippen molar-refractivity contribution in [3.05, 3.63) is 29.8 Å². The van der Waals surface area contributed by atoms with Crippen LogP contribution in [-0.2, 0) is 0 Å². The highest BCUT2D eigenvalue weighted by Gasteiger charge is 2.34. The molecule has 1 aromatic rings. The Kier molecular flexibility index (Phi) is 3.50. The highest BCUT2D eigenvalue weighted by molar-refractivity contribution is 5.93. The number of alkyl halides is 2. The van der Waals surface area contributed by atoms with Crippen molar-refractivity contribution < 1.29 is 13.6 Å². The van der Waals surface area contributed by atoms with Crippen LogP contribution in [0.1, 0.15) is 36.0 Å². The predicted octanol–water partition coefficient (Wildman–Crippen LogP) is 2.78. The molecule has 0 spiro atoms. The van der Waals surface area contributed by atoms with Gasteiger partial charge in [-0.1, -0.05) is 0 Å². The zero-order chi connectivity index (χ0) is 13.2. The van der Waals surface area contributed by atoms with Gasteiger partial charge in [0, 0.05) is 30.1 Å². The number of benzene rings is 1. The van der Waals surface area contributed by atoms with E-state index >= 15 is 0 Å². The Labute approximate surface area is 104 Å². The molecule has 1 aliphatic carbocycles. The molecule has 5 heteroatoms. The molecule has 0 radical (unpaired) electrons. The van der Waals surface area contributed by atoms with E-state index in [-0.39, 0.29) is 18.9 Å². The van der Waals surface area contributed by atoms with E-state index in [2.05, 4.69) is 5.32 Å². The minimum Gasteiger partial charge on any atom is -0.382 e. The monoisotopic (exact) mass is 254 g/mol. The molecule has 1 aliphatic rings. The van der Waals surface area contributed by atoms with Gasteiger partial charge in [0.15, 0.2) is 0 Å². The van der Waals surface area contributed by atoms with Crippen molar-refractivity contribution in [1.29, 1.82) is 0 Å². The minimum atomic E-state index is -2.51. The molecule has 1 saturated carbocycles. The average molecular weight is 254 g/mol. The van der Waals surface area contributed by atoms with Gasteiger partial charge in [-0.15, -0.1) is 0 Å². The fourth-order valence-corrected chi connectivity index (χ4v) is 2.15. The lowest BCUT2D eigenvalue weighted by molar-refractivity contribution is -0.0360. The van der Waals surface area contributed by atoms with Crippen molar-refractivity contribution in [3.63, 3.8) is 0 Å². The number of nitrogens with two attached hydrogens (primary N) is 1. The molecule has 1 aromatic carbocycles. The number of amides is 1. The first kappa shape index (κ1) is 12.8. The van der Waals surface area contributed by atoms with Gasteiger partial charge in [-0.05, 0) is 37.1 Å². The summed E-state index contributed by atoms with van der Waals surface area (Å²) >= 11 is 0. The third-order valence-corrected chi connectivity index (χ3v) is 3.26. The fraction of sp³-hybridized carbons (Fsp3) is 0.462. The Morgan fingerprint density at radius 1 is 1.22 bits per heavy atom. The normalized spacial score (nSPS) is 19.4. The molecule has 3 nitrogen and oxygen atoms in total. The van der Waals surface area contributed by atoms with Gasteiger partial charge in [-0.2, -0.15) is 0 Å². The number of rotatable bonds is 3. The summed E-state index contributed by atoms with van der Waals surface area (Å²) in [7, 11) is 0. The lowest BCUT2D eigenvalue weighted by atomic mass is 9.92. The van der Waals surface area contributed by atoms with Crippen LogP contribution in [0.4, 0.5) is 14.5 Å². The van der Waals surface area contributed by atoms with Crippen LogP contribution in [0.5, 0.6) is 0 Å². The second-order valence-corrected chi connectivity index (χ2v) is 4.72. The summed E-state index contributed by atoms with van der Waals surface area (Å²) in [4.78, 5) is 10.9. The maximum atomic E-state index is 13.0. The van der Waals surface area contributed by atoms with E-state index in [9.17, 15) is 13.6 Å². The van der Waals surface area contributed by atoms with Crippen LogP contribution in [0.25, 0.3) is 0 Å². The third-order valence-electron chi connectivity index (χ3n) is 3.26. The third kappa shape index (κ3) is 3.18. The molecule has 18 heavy (non-hydrogen) atoms. The number of anilines is 1. The van der Waals surface area contributed by atoms with Gasteiger partial charge < -0.3 is 11.1 Å². The van der Waals surface area contributed by atoms with E-state index in [0.717, 1.165) is 5.69 Å². The molecule has 3 N–H and O–H groups in total. The smallest absolute Gasteiger partial charge is 0.248 e. The number of primary amides is 1. The van der Waals surface area contributed by atoms with E-state index in [0.29, 0.717) is 18.4 Å². The van der Waals surface area contributed by atoms with Gasteiger partial charge in [0.2, 0.25) is 11.8 Å². The summed E-state index contributed by atoms with van der Waals surface area (Å²) in [5, 5.41) is 3.20. The molecule has 98 valence electrons. The zero-order valence-electron chi connectivity index (χ0n) is 9.96. The molecule has 0 unspecified atom stereocenters. The molecular formula is C13H16F2N2O. The number of carbonyl (C=O) groups excluding carboxylic acids is 1. The van der Waals surface area contributed by atoms with Crippen molar-refractivity contribution in [2.24, 2.45) is 5.73 Å². The SMILES string of the molecule is NC(=O)c1ccc(NC2CCC(F)(F)CC2)cc1. The van der Waals surface area contributed by atoms with E-state index in [1.807, 2.05) is 0 Å². The number of halogens is 2. The molecule has 0 heterocycles. The summed E-state index contributed by atoms with van der Waals surface area (Å²) in [5.74, 6) is -2.98. The Morgan fingerprint density at radius 2 is 1.78 bits per heavy atom. The van der Waals surface area contributed by atoms with Crippen LogP contribution in [0.2, 0.25) is 0 Å². The lowest BCUT2D eigenvalue weighted by Gasteiger charge is -2.29. The standard InChI is InChI=1S/C13H16F2N2O/c14-13(15)7-5-11(6-8-13)17-10-3-1-9(2-4-10)12(16)18/h1-4,11,17H,5-8H2,(H2,16,18). The molecule has 0 bridgehead atoms. The maximum Gasteiger partial charge on any atom is 0.248 e. The van der Waals surface area contributed by atoms with E-state index in [1.54, 1.807) is 24.3 Å². The first-order chi connectivity index (χ1) is 8.46. The van der Waals surface area contributed by atoms with Crippen LogP contribution in [0, 0.1) is 0 Å². The maximum absolute atomic E-state index is 13.0. The minimum absolute atomic E-state index is 0.0654. The number of hydrogen-bond acceptors (Lipinski definition) is 2. The molecular weight excluding hydrogens is 238 g/mol. The Morgan fingerprint density at radius 3 is 2.28 bits per heavy atom. The molecule has 2 rings (SSSR count). The lowest BCUT2D eigenvalue weighted by Crippen LogP contribution is -2.32. The van der Waals surface area contributed by atoms with Crippen molar-refractivity contribution in [1.82, 2.24) is 0 Å². The van der Waals surface area contributed by atoms with E-state index < -0.39 is 11.8 Å². The van der Waals surface area contributed by atoms with E-state index in [4.69, 9.17) is 5.73 Å². The van der Waals surface area contributed by atoms with Gasteiger partial charge in [-0.3, -0.25) is 4.79 Å². The number of nitrogens with one attached hydrogen (secondary N) is 1. The molecule has 0 aromatic heterocycles. The summed E-state index contributed by atoms with van der Waals surface area (Å²) in [5.41, 5.74) is 6.40. The van der Waals surface area contributed by atoms with Gasteiger partial charge in [0.05, 0.1) is 0 Å². The summed E-state index contributed by atoms with van der Waals surface area (Å²) in [6, 6.07) is 6.81. The quantitative estimate of drug-likeness (QED) is 0.871. The summed E-state index contributed by atoms with van der Waals surface area (Å²) in [6.45, 7) is 0. The van der Waals surface area contributed by atoms with Gasteiger partial charge in [0.1, 0.15) is 0 Å². The van der Waals surface area contributed by atoms with Crippen LogP contribution in [0.15, 0.2) is 24.3 Å². The highest BCUT2D eigenvalue weighted by Crippen LogP contribution is 2.34. The molecule has 0 aliphatic heterocycles.